The van der Waals surface area contributed by atoms with Crippen LogP contribution in [-0.2, 0) is 21.3 Å². The van der Waals surface area contributed by atoms with E-state index in [0.29, 0.717) is 31.1 Å². The molecule has 0 bridgehead atoms. The summed E-state index contributed by atoms with van der Waals surface area (Å²) in [6.07, 6.45) is 1.57. The van der Waals surface area contributed by atoms with Crippen molar-refractivity contribution in [2.24, 2.45) is 0 Å². The smallest absolute Gasteiger partial charge is 0.244 e. The minimum Gasteiger partial charge on any atom is -0.385 e. The van der Waals surface area contributed by atoms with Gasteiger partial charge in [0.1, 0.15) is 4.90 Å². The van der Waals surface area contributed by atoms with Gasteiger partial charge in [-0.3, -0.25) is 5.10 Å². The van der Waals surface area contributed by atoms with E-state index in [2.05, 4.69) is 20.2 Å². The van der Waals surface area contributed by atoms with E-state index in [4.69, 9.17) is 4.74 Å². The standard InChI is InChI=1S/C12H24N4O3S/c1-4-13-9-11-12(10(2)15-16-11)20(17,18)14-7-5-6-8-19-3/h13-14H,4-9H2,1-3H3,(H,15,16). The van der Waals surface area contributed by atoms with Crippen LogP contribution in [-0.4, -0.2) is 45.4 Å². The molecular weight excluding hydrogens is 280 g/mol. The Balaban J connectivity index is 2.68. The molecule has 8 heteroatoms. The van der Waals surface area contributed by atoms with Gasteiger partial charge in [-0.05, 0) is 26.3 Å². The molecule has 0 aromatic carbocycles. The Kier molecular flexibility index (Phi) is 7.14. The van der Waals surface area contributed by atoms with Gasteiger partial charge in [0.25, 0.3) is 0 Å². The summed E-state index contributed by atoms with van der Waals surface area (Å²) in [6, 6.07) is 0. The van der Waals surface area contributed by atoms with Gasteiger partial charge in [0.15, 0.2) is 0 Å². The summed E-state index contributed by atoms with van der Waals surface area (Å²) in [5.41, 5.74) is 1.08. The number of hydrogen-bond acceptors (Lipinski definition) is 5. The molecule has 0 aliphatic carbocycles. The van der Waals surface area contributed by atoms with E-state index < -0.39 is 10.0 Å². The van der Waals surface area contributed by atoms with Crippen LogP contribution in [0.2, 0.25) is 0 Å². The zero-order chi connectivity index (χ0) is 15.0. The molecule has 0 fully saturated rings. The molecule has 0 atom stereocenters. The first-order chi connectivity index (χ1) is 9.53. The second-order valence-corrected chi connectivity index (χ2v) is 6.21. The molecule has 0 saturated carbocycles. The number of H-pyrrole nitrogens is 1. The van der Waals surface area contributed by atoms with Crippen molar-refractivity contribution < 1.29 is 13.2 Å². The minimum absolute atomic E-state index is 0.255. The molecule has 1 aromatic rings. The zero-order valence-electron chi connectivity index (χ0n) is 12.3. The second kappa shape index (κ2) is 8.35. The zero-order valence-corrected chi connectivity index (χ0v) is 13.1. The molecule has 0 aliphatic rings. The van der Waals surface area contributed by atoms with E-state index in [9.17, 15) is 8.42 Å². The summed E-state index contributed by atoms with van der Waals surface area (Å²) in [5.74, 6) is 0. The van der Waals surface area contributed by atoms with Crippen LogP contribution in [0.5, 0.6) is 0 Å². The highest BCUT2D eigenvalue weighted by molar-refractivity contribution is 7.89. The van der Waals surface area contributed by atoms with Crippen LogP contribution in [0.1, 0.15) is 31.2 Å². The third-order valence-electron chi connectivity index (χ3n) is 2.84. The van der Waals surface area contributed by atoms with E-state index in [-0.39, 0.29) is 4.90 Å². The predicted octanol–water partition coefficient (Wildman–Crippen LogP) is 0.533. The molecule has 0 spiro atoms. The summed E-state index contributed by atoms with van der Waals surface area (Å²) in [5, 5.41) is 9.87. The maximum Gasteiger partial charge on any atom is 0.244 e. The Morgan fingerprint density at radius 2 is 2.10 bits per heavy atom. The average Bonchev–Trinajstić information content (AvgIpc) is 2.78. The van der Waals surface area contributed by atoms with Crippen LogP contribution < -0.4 is 10.0 Å². The lowest BCUT2D eigenvalue weighted by molar-refractivity contribution is 0.193. The molecule has 0 radical (unpaired) electrons. The number of rotatable bonds is 10. The highest BCUT2D eigenvalue weighted by Crippen LogP contribution is 2.17. The fraction of sp³-hybridized carbons (Fsp3) is 0.750. The van der Waals surface area contributed by atoms with E-state index >= 15 is 0 Å². The Morgan fingerprint density at radius 1 is 1.35 bits per heavy atom. The quantitative estimate of drug-likeness (QED) is 0.548. The molecular formula is C12H24N4O3S. The van der Waals surface area contributed by atoms with Crippen LogP contribution in [0.4, 0.5) is 0 Å². The van der Waals surface area contributed by atoms with Gasteiger partial charge in [0, 0.05) is 26.8 Å². The van der Waals surface area contributed by atoms with Crippen molar-refractivity contribution in [3.05, 3.63) is 11.4 Å². The first-order valence-electron chi connectivity index (χ1n) is 6.76. The maximum absolute atomic E-state index is 12.3. The molecule has 1 rings (SSSR count). The third kappa shape index (κ3) is 4.86. The number of aromatic amines is 1. The molecule has 7 nitrogen and oxygen atoms in total. The molecule has 0 aliphatic heterocycles. The van der Waals surface area contributed by atoms with Gasteiger partial charge in [-0.1, -0.05) is 6.92 Å². The minimum atomic E-state index is -3.52. The van der Waals surface area contributed by atoms with E-state index in [1.807, 2.05) is 6.92 Å². The van der Waals surface area contributed by atoms with Gasteiger partial charge in [-0.15, -0.1) is 0 Å². The summed E-state index contributed by atoms with van der Waals surface area (Å²) >= 11 is 0. The van der Waals surface area contributed by atoms with Crippen molar-refractivity contribution in [1.82, 2.24) is 20.2 Å². The Labute approximate surface area is 120 Å². The van der Waals surface area contributed by atoms with Gasteiger partial charge in [0.2, 0.25) is 10.0 Å². The topological polar surface area (TPSA) is 96.1 Å². The summed E-state index contributed by atoms with van der Waals surface area (Å²) in [7, 11) is -1.89. The lowest BCUT2D eigenvalue weighted by Gasteiger charge is -2.08. The molecule has 1 aromatic heterocycles. The fourth-order valence-electron chi connectivity index (χ4n) is 1.84. The van der Waals surface area contributed by atoms with E-state index in [1.165, 1.54) is 0 Å². The number of nitrogens with one attached hydrogen (secondary N) is 3. The Morgan fingerprint density at radius 3 is 2.75 bits per heavy atom. The highest BCUT2D eigenvalue weighted by atomic mass is 32.2. The van der Waals surface area contributed by atoms with Crippen LogP contribution in [0, 0.1) is 6.92 Å². The molecule has 20 heavy (non-hydrogen) atoms. The number of sulfonamides is 1. The fourth-order valence-corrected chi connectivity index (χ4v) is 3.27. The number of hydrogen-bond donors (Lipinski definition) is 3. The van der Waals surface area contributed by atoms with Crippen molar-refractivity contribution in [1.29, 1.82) is 0 Å². The van der Waals surface area contributed by atoms with Gasteiger partial charge in [0.05, 0.1) is 11.4 Å². The van der Waals surface area contributed by atoms with E-state index in [0.717, 1.165) is 19.4 Å². The van der Waals surface area contributed by atoms with Crippen molar-refractivity contribution in [3.8, 4) is 0 Å². The summed E-state index contributed by atoms with van der Waals surface area (Å²) in [4.78, 5) is 0.255. The van der Waals surface area contributed by atoms with Gasteiger partial charge >= 0.3 is 0 Å². The van der Waals surface area contributed by atoms with Crippen molar-refractivity contribution >= 4 is 10.0 Å². The number of nitrogens with zero attached hydrogens (tertiary/aromatic N) is 1. The third-order valence-corrected chi connectivity index (χ3v) is 4.50. The first kappa shape index (κ1) is 17.1. The van der Waals surface area contributed by atoms with Crippen LogP contribution in [0.25, 0.3) is 0 Å². The number of methoxy groups -OCH3 is 1. The largest absolute Gasteiger partial charge is 0.385 e. The summed E-state index contributed by atoms with van der Waals surface area (Å²) < 4.78 is 32.1. The number of ether oxygens (including phenoxy) is 1. The van der Waals surface area contributed by atoms with Crippen LogP contribution in [0.3, 0.4) is 0 Å². The summed E-state index contributed by atoms with van der Waals surface area (Å²) in [6.45, 7) is 5.90. The van der Waals surface area contributed by atoms with Crippen molar-refractivity contribution in [2.75, 3.05) is 26.8 Å². The SMILES string of the molecule is CCNCc1n[nH]c(C)c1S(=O)(=O)NCCCCOC. The average molecular weight is 304 g/mol. The normalized spacial score (nSPS) is 11.9. The van der Waals surface area contributed by atoms with Gasteiger partial charge in [-0.2, -0.15) is 5.10 Å². The first-order valence-corrected chi connectivity index (χ1v) is 8.24. The second-order valence-electron chi connectivity index (χ2n) is 4.50. The monoisotopic (exact) mass is 304 g/mol. The van der Waals surface area contributed by atoms with Gasteiger partial charge < -0.3 is 10.1 Å². The molecule has 0 amide bonds. The predicted molar refractivity (Wildman–Crippen MR) is 77.0 cm³/mol. The molecule has 0 saturated heterocycles. The highest BCUT2D eigenvalue weighted by Gasteiger charge is 2.23. The lowest BCUT2D eigenvalue weighted by atomic mass is 10.3. The Hall–Kier alpha value is -0.960. The van der Waals surface area contributed by atoms with E-state index in [1.54, 1.807) is 14.0 Å². The number of unbranched alkanes of at least 4 members (excludes halogenated alkanes) is 1. The van der Waals surface area contributed by atoms with Gasteiger partial charge in [-0.25, -0.2) is 13.1 Å². The molecule has 1 heterocycles. The molecule has 0 unspecified atom stereocenters. The number of aromatic nitrogens is 2. The molecule has 3 N–H and O–H groups in total. The number of aryl methyl sites for hydroxylation is 1. The van der Waals surface area contributed by atoms with Crippen molar-refractivity contribution in [3.63, 3.8) is 0 Å². The van der Waals surface area contributed by atoms with Crippen LogP contribution >= 0.6 is 0 Å². The molecule has 116 valence electrons. The van der Waals surface area contributed by atoms with Crippen LogP contribution in [0.15, 0.2) is 4.90 Å². The Bertz CT molecular complexity index is 499. The van der Waals surface area contributed by atoms with Crippen molar-refractivity contribution in [2.45, 2.75) is 38.1 Å². The lowest BCUT2D eigenvalue weighted by Crippen LogP contribution is -2.27. The maximum atomic E-state index is 12.3.